The van der Waals surface area contributed by atoms with Gasteiger partial charge >= 0.3 is 0 Å². The fourth-order valence-corrected chi connectivity index (χ4v) is 3.67. The van der Waals surface area contributed by atoms with Crippen LogP contribution >= 0.6 is 0 Å². The Balaban J connectivity index is 2.13. The zero-order valence-corrected chi connectivity index (χ0v) is 14.2. The van der Waals surface area contributed by atoms with E-state index in [0.717, 1.165) is 0 Å². The normalized spacial score (nSPS) is 11.4. The molecule has 0 heterocycles. The van der Waals surface area contributed by atoms with Gasteiger partial charge in [-0.05, 0) is 31.0 Å². The topological polar surface area (TPSA) is 0 Å². The van der Waals surface area contributed by atoms with Crippen molar-refractivity contribution in [2.24, 2.45) is 0 Å². The minimum Gasteiger partial charge on any atom is -0.187 e. The van der Waals surface area contributed by atoms with Gasteiger partial charge in [0, 0.05) is 5.41 Å². The number of hydrogen-bond donors (Lipinski definition) is 0. The van der Waals surface area contributed by atoms with Crippen molar-refractivity contribution in [2.75, 3.05) is 0 Å². The predicted molar refractivity (Wildman–Crippen MR) is 112 cm³/mol. The minimum atomic E-state index is -0.0515. The quantitative estimate of drug-likeness (QED) is 0.297. The van der Waals surface area contributed by atoms with E-state index in [-0.39, 0.29) is 5.41 Å². The molecule has 0 saturated heterocycles. The molecule has 0 aromatic heterocycles. The van der Waals surface area contributed by atoms with Crippen LogP contribution in [-0.2, 0) is 5.41 Å². The van der Waals surface area contributed by atoms with E-state index in [1.54, 1.807) is 0 Å². The highest BCUT2D eigenvalue weighted by atomic mass is 14.4. The highest BCUT2D eigenvalue weighted by Crippen LogP contribution is 2.43. The monoisotopic (exact) mass is 327 g/mol. The summed E-state index contributed by atoms with van der Waals surface area (Å²) in [6.07, 6.45) is 6.76. The molecule has 0 radical (unpaired) electrons. The largest absolute Gasteiger partial charge is 0.187 e. The molecule has 128 valence electrons. The zero-order valence-electron chi connectivity index (χ0n) is 14.2. The third-order valence-electron chi connectivity index (χ3n) is 4.85. The SMILES string of the molecule is [BH3-]CCCCCC(c1ccccc1)(c1ccccc1)c1ccccc1. The van der Waals surface area contributed by atoms with Gasteiger partial charge in [0.1, 0.15) is 0 Å². The maximum absolute atomic E-state index is 2.30. The fourth-order valence-electron chi connectivity index (χ4n) is 3.67. The van der Waals surface area contributed by atoms with Crippen molar-refractivity contribution in [1.82, 2.24) is 0 Å². The van der Waals surface area contributed by atoms with Gasteiger partial charge in [-0.25, -0.2) is 0 Å². The van der Waals surface area contributed by atoms with Gasteiger partial charge in [-0.2, -0.15) is 6.32 Å². The van der Waals surface area contributed by atoms with Crippen LogP contribution in [0.15, 0.2) is 91.0 Å². The summed E-state index contributed by atoms with van der Waals surface area (Å²) < 4.78 is 0. The Morgan fingerprint density at radius 2 is 0.920 bits per heavy atom. The molecule has 0 nitrogen and oxygen atoms in total. The second kappa shape index (κ2) is 8.71. The molecule has 0 amide bonds. The average molecular weight is 327 g/mol. The molecule has 0 aliphatic rings. The van der Waals surface area contributed by atoms with Crippen LogP contribution in [0.25, 0.3) is 0 Å². The lowest BCUT2D eigenvalue weighted by atomic mass is 9.66. The van der Waals surface area contributed by atoms with Gasteiger partial charge < -0.3 is 0 Å². The number of rotatable bonds is 8. The van der Waals surface area contributed by atoms with E-state index in [0.29, 0.717) is 7.85 Å². The lowest BCUT2D eigenvalue weighted by Gasteiger charge is -2.36. The lowest BCUT2D eigenvalue weighted by Crippen LogP contribution is -2.29. The summed E-state index contributed by atoms with van der Waals surface area (Å²) in [6.45, 7) is 0. The second-order valence-electron chi connectivity index (χ2n) is 6.31. The molecule has 0 atom stereocenters. The first-order chi connectivity index (χ1) is 12.4. The van der Waals surface area contributed by atoms with Crippen molar-refractivity contribution in [3.8, 4) is 0 Å². The van der Waals surface area contributed by atoms with Gasteiger partial charge in [0.05, 0.1) is 0 Å². The molecule has 0 bridgehead atoms. The van der Waals surface area contributed by atoms with Gasteiger partial charge in [-0.15, -0.1) is 0 Å². The van der Waals surface area contributed by atoms with E-state index >= 15 is 0 Å². The standard InChI is InChI=1S/C24H28B/c25-20-12-4-11-19-24(21-13-5-1-6-14-21,22-15-7-2-8-16-22)23-17-9-3-10-18-23/h1-3,5-10,13-18H,4,11-12,19-20H2,25H3/q-1. The maximum Gasteiger partial charge on any atom is 0.0451 e. The molecule has 0 N–H and O–H groups in total. The van der Waals surface area contributed by atoms with Crippen molar-refractivity contribution in [3.63, 3.8) is 0 Å². The van der Waals surface area contributed by atoms with Crippen LogP contribution in [0.2, 0.25) is 6.32 Å². The first kappa shape index (κ1) is 17.5. The third-order valence-corrected chi connectivity index (χ3v) is 4.85. The number of benzene rings is 3. The molecule has 3 aromatic rings. The Morgan fingerprint density at radius 3 is 1.28 bits per heavy atom. The Morgan fingerprint density at radius 1 is 0.520 bits per heavy atom. The van der Waals surface area contributed by atoms with E-state index in [9.17, 15) is 0 Å². The summed E-state index contributed by atoms with van der Waals surface area (Å²) in [4.78, 5) is 0. The molecule has 3 rings (SSSR count). The molecule has 0 spiro atoms. The van der Waals surface area contributed by atoms with Crippen LogP contribution in [0.3, 0.4) is 0 Å². The molecule has 1 heteroatoms. The minimum absolute atomic E-state index is 0.0515. The summed E-state index contributed by atoms with van der Waals surface area (Å²) in [5.74, 6) is 0. The van der Waals surface area contributed by atoms with E-state index < -0.39 is 0 Å². The smallest absolute Gasteiger partial charge is 0.0451 e. The van der Waals surface area contributed by atoms with Crippen molar-refractivity contribution < 1.29 is 0 Å². The van der Waals surface area contributed by atoms with Gasteiger partial charge in [-0.1, -0.05) is 110 Å². The first-order valence-corrected chi connectivity index (χ1v) is 8.84. The van der Waals surface area contributed by atoms with E-state index in [4.69, 9.17) is 0 Å². The maximum atomic E-state index is 2.30. The van der Waals surface area contributed by atoms with Gasteiger partial charge in [0.25, 0.3) is 0 Å². The van der Waals surface area contributed by atoms with Crippen LogP contribution < -0.4 is 0 Å². The van der Waals surface area contributed by atoms with Crippen molar-refractivity contribution >= 4 is 7.85 Å². The Hall–Kier alpha value is -2.28. The van der Waals surface area contributed by atoms with Gasteiger partial charge in [-0.3, -0.25) is 0 Å². The zero-order chi connectivity index (χ0) is 17.4. The van der Waals surface area contributed by atoms with E-state index in [2.05, 4.69) is 91.0 Å². The molecular formula is C24H28B-. The summed E-state index contributed by atoms with van der Waals surface area (Å²) in [7, 11) is 0.559. The highest BCUT2D eigenvalue weighted by molar-refractivity contribution is 6.08. The van der Waals surface area contributed by atoms with Crippen LogP contribution in [-0.4, -0.2) is 7.85 Å². The van der Waals surface area contributed by atoms with E-state index in [1.807, 2.05) is 0 Å². The molecule has 0 fully saturated rings. The number of hydrogen-bond acceptors (Lipinski definition) is 0. The molecular weight excluding hydrogens is 299 g/mol. The molecule has 0 aliphatic carbocycles. The highest BCUT2D eigenvalue weighted by Gasteiger charge is 2.35. The molecule has 25 heavy (non-hydrogen) atoms. The average Bonchev–Trinajstić information content (AvgIpc) is 2.70. The summed E-state index contributed by atoms with van der Waals surface area (Å²) >= 11 is 0. The third kappa shape index (κ3) is 3.87. The molecule has 0 unspecified atom stereocenters. The van der Waals surface area contributed by atoms with Crippen molar-refractivity contribution in [3.05, 3.63) is 108 Å². The summed E-state index contributed by atoms with van der Waals surface area (Å²) in [5, 5.41) is 0. The van der Waals surface area contributed by atoms with Crippen LogP contribution in [0.1, 0.15) is 42.4 Å². The van der Waals surface area contributed by atoms with Gasteiger partial charge in [0.2, 0.25) is 0 Å². The van der Waals surface area contributed by atoms with E-state index in [1.165, 1.54) is 48.7 Å². The lowest BCUT2D eigenvalue weighted by molar-refractivity contribution is 0.515. The Kier molecular flexibility index (Phi) is 6.12. The van der Waals surface area contributed by atoms with Gasteiger partial charge in [0.15, 0.2) is 0 Å². The number of unbranched alkanes of at least 4 members (excludes halogenated alkanes) is 2. The van der Waals surface area contributed by atoms with Crippen LogP contribution in [0.4, 0.5) is 0 Å². The van der Waals surface area contributed by atoms with Crippen molar-refractivity contribution in [2.45, 2.75) is 37.4 Å². The summed E-state index contributed by atoms with van der Waals surface area (Å²) in [6, 6.07) is 33.3. The molecule has 0 aliphatic heterocycles. The second-order valence-corrected chi connectivity index (χ2v) is 6.31. The Labute approximate surface area is 153 Å². The van der Waals surface area contributed by atoms with Crippen LogP contribution in [0, 0.1) is 0 Å². The summed E-state index contributed by atoms with van der Waals surface area (Å²) in [5.41, 5.74) is 4.17. The predicted octanol–water partition coefficient (Wildman–Crippen LogP) is 5.37. The fraction of sp³-hybridized carbons (Fsp3) is 0.250. The van der Waals surface area contributed by atoms with Crippen LogP contribution in [0.5, 0.6) is 0 Å². The molecule has 3 aromatic carbocycles. The van der Waals surface area contributed by atoms with Crippen molar-refractivity contribution in [1.29, 1.82) is 0 Å². The first-order valence-electron chi connectivity index (χ1n) is 8.84. The Bertz CT molecular complexity index is 638. The molecule has 0 saturated carbocycles.